The van der Waals surface area contributed by atoms with Crippen LogP contribution in [0.5, 0.6) is 5.75 Å². The van der Waals surface area contributed by atoms with Gasteiger partial charge in [-0.3, -0.25) is 4.79 Å². The molecule has 0 radical (unpaired) electrons. The summed E-state index contributed by atoms with van der Waals surface area (Å²) in [5, 5.41) is 0. The molecule has 1 atom stereocenters. The second-order valence-electron chi connectivity index (χ2n) is 12.1. The number of carbonyl (C=O) groups excluding carboxylic acids is 1. The summed E-state index contributed by atoms with van der Waals surface area (Å²) in [5.74, 6) is 2.36. The van der Waals surface area contributed by atoms with Crippen molar-refractivity contribution in [2.45, 2.75) is 113 Å². The maximum atomic E-state index is 12.6. The molecule has 0 saturated heterocycles. The highest BCUT2D eigenvalue weighted by Crippen LogP contribution is 2.41. The Labute approximate surface area is 204 Å². The average molecular weight is 455 g/mol. The molecule has 186 valence electrons. The number of hydrogen-bond donors (Lipinski definition) is 0. The number of allylic oxidation sites excluding steroid dienone is 2. The van der Waals surface area contributed by atoms with Gasteiger partial charge in [0.1, 0.15) is 5.75 Å². The Morgan fingerprint density at radius 3 is 2.00 bits per heavy atom. The molecular weight excluding hydrogens is 404 g/mol. The van der Waals surface area contributed by atoms with Gasteiger partial charge < -0.3 is 4.74 Å². The minimum absolute atomic E-state index is 0.00555. The van der Waals surface area contributed by atoms with Gasteiger partial charge >= 0.3 is 5.97 Å². The molecule has 1 unspecified atom stereocenters. The van der Waals surface area contributed by atoms with Crippen molar-refractivity contribution in [1.29, 1.82) is 0 Å². The van der Waals surface area contributed by atoms with Crippen molar-refractivity contribution in [2.75, 3.05) is 0 Å². The molecule has 0 amide bonds. The maximum absolute atomic E-state index is 12.6. The van der Waals surface area contributed by atoms with E-state index in [4.69, 9.17) is 4.74 Å². The number of benzene rings is 1. The molecule has 0 bridgehead atoms. The molecule has 1 aromatic carbocycles. The number of aryl methyl sites for hydroxylation is 1. The summed E-state index contributed by atoms with van der Waals surface area (Å²) in [5.41, 5.74) is 3.48. The summed E-state index contributed by atoms with van der Waals surface area (Å²) < 4.78 is 5.70. The third-order valence-electron chi connectivity index (χ3n) is 7.76. The van der Waals surface area contributed by atoms with Gasteiger partial charge in [0.15, 0.2) is 0 Å². The average Bonchev–Trinajstić information content (AvgIpc) is 2.79. The van der Waals surface area contributed by atoms with E-state index in [0.717, 1.165) is 37.5 Å². The smallest absolute Gasteiger partial charge is 0.314 e. The monoisotopic (exact) mass is 454 g/mol. The van der Waals surface area contributed by atoms with Gasteiger partial charge in [-0.25, -0.2) is 0 Å². The Morgan fingerprint density at radius 2 is 1.52 bits per heavy atom. The van der Waals surface area contributed by atoms with Crippen LogP contribution in [0.15, 0.2) is 35.9 Å². The first kappa shape index (κ1) is 27.7. The van der Waals surface area contributed by atoms with Gasteiger partial charge in [-0.2, -0.15) is 0 Å². The Hall–Kier alpha value is -1.57. The van der Waals surface area contributed by atoms with E-state index in [1.165, 1.54) is 43.2 Å². The zero-order valence-electron chi connectivity index (χ0n) is 22.8. The highest BCUT2D eigenvalue weighted by Gasteiger charge is 2.30. The van der Waals surface area contributed by atoms with Gasteiger partial charge in [0.05, 0.1) is 5.92 Å². The number of carbonyl (C=O) groups is 1. The van der Waals surface area contributed by atoms with Crippen molar-refractivity contribution in [1.82, 2.24) is 0 Å². The SMILES string of the molecule is CC.CC(C)(C)C1=CCC(C(=O)Oc2ccc(CCC3CCC(C(C)(C)C)CC3)cc2)CC1. The van der Waals surface area contributed by atoms with Gasteiger partial charge in [-0.1, -0.05) is 92.0 Å². The molecule has 0 spiro atoms. The molecule has 2 aliphatic carbocycles. The molecular formula is C31H50O2. The van der Waals surface area contributed by atoms with E-state index >= 15 is 0 Å². The molecule has 0 aliphatic heterocycles. The summed E-state index contributed by atoms with van der Waals surface area (Å²) in [6, 6.07) is 8.23. The Kier molecular flexibility index (Phi) is 10.3. The van der Waals surface area contributed by atoms with E-state index in [-0.39, 0.29) is 17.3 Å². The predicted octanol–water partition coefficient (Wildman–Crippen LogP) is 9.18. The van der Waals surface area contributed by atoms with Crippen LogP contribution in [0.1, 0.15) is 112 Å². The van der Waals surface area contributed by atoms with E-state index in [9.17, 15) is 4.79 Å². The molecule has 1 saturated carbocycles. The fourth-order valence-corrected chi connectivity index (χ4v) is 5.34. The molecule has 0 heterocycles. The third kappa shape index (κ3) is 8.62. The summed E-state index contributed by atoms with van der Waals surface area (Å²) in [4.78, 5) is 12.6. The fourth-order valence-electron chi connectivity index (χ4n) is 5.34. The van der Waals surface area contributed by atoms with Crippen LogP contribution in [0.25, 0.3) is 0 Å². The number of hydrogen-bond acceptors (Lipinski definition) is 2. The van der Waals surface area contributed by atoms with Crippen molar-refractivity contribution in [2.24, 2.45) is 28.6 Å². The summed E-state index contributed by atoms with van der Waals surface area (Å²) in [6.45, 7) is 17.9. The van der Waals surface area contributed by atoms with Crippen LogP contribution >= 0.6 is 0 Å². The van der Waals surface area contributed by atoms with Crippen molar-refractivity contribution < 1.29 is 9.53 Å². The lowest BCUT2D eigenvalue weighted by atomic mass is 9.69. The Morgan fingerprint density at radius 1 is 0.909 bits per heavy atom. The van der Waals surface area contributed by atoms with Gasteiger partial charge in [0.25, 0.3) is 0 Å². The van der Waals surface area contributed by atoms with Crippen LogP contribution in [-0.4, -0.2) is 5.97 Å². The molecule has 33 heavy (non-hydrogen) atoms. The lowest BCUT2D eigenvalue weighted by molar-refractivity contribution is -0.139. The lowest BCUT2D eigenvalue weighted by Crippen LogP contribution is -2.26. The van der Waals surface area contributed by atoms with Crippen molar-refractivity contribution in [3.05, 3.63) is 41.5 Å². The van der Waals surface area contributed by atoms with Crippen LogP contribution in [0.2, 0.25) is 0 Å². The second-order valence-corrected chi connectivity index (χ2v) is 12.1. The third-order valence-corrected chi connectivity index (χ3v) is 7.76. The Balaban J connectivity index is 0.00000187. The molecule has 2 heteroatoms. The predicted molar refractivity (Wildman–Crippen MR) is 142 cm³/mol. The van der Waals surface area contributed by atoms with Crippen molar-refractivity contribution >= 4 is 5.97 Å². The van der Waals surface area contributed by atoms with Crippen LogP contribution in [0.4, 0.5) is 0 Å². The summed E-state index contributed by atoms with van der Waals surface area (Å²) in [6.07, 6.45) is 12.9. The van der Waals surface area contributed by atoms with Crippen molar-refractivity contribution in [3.8, 4) is 5.75 Å². The van der Waals surface area contributed by atoms with Gasteiger partial charge in [-0.15, -0.1) is 0 Å². The summed E-state index contributed by atoms with van der Waals surface area (Å²) >= 11 is 0. The lowest BCUT2D eigenvalue weighted by Gasteiger charge is -2.37. The first-order valence-corrected chi connectivity index (χ1v) is 13.5. The van der Waals surface area contributed by atoms with Crippen LogP contribution in [0.3, 0.4) is 0 Å². The van der Waals surface area contributed by atoms with Gasteiger partial charge in [-0.05, 0) is 85.3 Å². The minimum atomic E-state index is -0.0763. The highest BCUT2D eigenvalue weighted by atomic mass is 16.5. The fraction of sp³-hybridized carbons (Fsp3) is 0.710. The molecule has 0 N–H and O–H groups in total. The molecule has 2 aliphatic rings. The standard InChI is InChI=1S/C29H44O2.C2H6/c1-28(2,3)24-15-9-21(10-16-24)7-8-22-11-19-26(20-12-22)31-27(30)23-13-17-25(18-14-23)29(4,5)6;1-2/h11-12,17,19-21,23-24H,7-10,13-16,18H2,1-6H3;1-2H3. The van der Waals surface area contributed by atoms with Crippen LogP contribution in [0, 0.1) is 28.6 Å². The van der Waals surface area contributed by atoms with E-state index < -0.39 is 0 Å². The van der Waals surface area contributed by atoms with E-state index in [1.54, 1.807) is 0 Å². The molecule has 2 nitrogen and oxygen atoms in total. The topological polar surface area (TPSA) is 26.3 Å². The van der Waals surface area contributed by atoms with Crippen molar-refractivity contribution in [3.63, 3.8) is 0 Å². The van der Waals surface area contributed by atoms with Crippen LogP contribution in [-0.2, 0) is 11.2 Å². The Bertz CT molecular complexity index is 750. The first-order chi connectivity index (χ1) is 15.5. The molecule has 0 aromatic heterocycles. The highest BCUT2D eigenvalue weighted by molar-refractivity contribution is 5.75. The zero-order chi connectivity index (χ0) is 24.6. The van der Waals surface area contributed by atoms with Crippen LogP contribution < -0.4 is 4.74 Å². The zero-order valence-corrected chi connectivity index (χ0v) is 22.8. The molecule has 1 aromatic rings. The van der Waals surface area contributed by atoms with E-state index in [1.807, 2.05) is 26.0 Å². The van der Waals surface area contributed by atoms with E-state index in [2.05, 4.69) is 59.8 Å². The normalized spacial score (nSPS) is 23.8. The maximum Gasteiger partial charge on any atom is 0.314 e. The molecule has 1 fully saturated rings. The van der Waals surface area contributed by atoms with Gasteiger partial charge in [0, 0.05) is 0 Å². The molecule has 3 rings (SSSR count). The number of esters is 1. The minimum Gasteiger partial charge on any atom is -0.426 e. The number of ether oxygens (including phenoxy) is 1. The number of rotatable bonds is 5. The van der Waals surface area contributed by atoms with E-state index in [0.29, 0.717) is 11.2 Å². The van der Waals surface area contributed by atoms with Gasteiger partial charge in [0.2, 0.25) is 0 Å². The first-order valence-electron chi connectivity index (χ1n) is 13.5. The quantitative estimate of drug-likeness (QED) is 0.252. The summed E-state index contributed by atoms with van der Waals surface area (Å²) in [7, 11) is 0. The second kappa shape index (κ2) is 12.2. The largest absolute Gasteiger partial charge is 0.426 e.